The van der Waals surface area contributed by atoms with E-state index < -0.39 is 0 Å². The molecule has 22 heavy (non-hydrogen) atoms. The summed E-state index contributed by atoms with van der Waals surface area (Å²) in [5.41, 5.74) is 4.35. The number of hydrogen-bond donors (Lipinski definition) is 1. The highest BCUT2D eigenvalue weighted by molar-refractivity contribution is 5.95. The van der Waals surface area contributed by atoms with Crippen LogP contribution in [-0.2, 0) is 10.2 Å². The Morgan fingerprint density at radius 1 is 1.27 bits per heavy atom. The molecule has 1 heterocycles. The van der Waals surface area contributed by atoms with Gasteiger partial charge in [-0.25, -0.2) is 9.78 Å². The summed E-state index contributed by atoms with van der Waals surface area (Å²) in [5, 5.41) is 4.26. The predicted molar refractivity (Wildman–Crippen MR) is 90.7 cm³/mol. The minimum absolute atomic E-state index is 0.0716. The molecule has 0 aliphatic heterocycles. The zero-order valence-corrected chi connectivity index (χ0v) is 14.2. The number of carbonyl (C=O) groups excluding carboxylic acids is 1. The summed E-state index contributed by atoms with van der Waals surface area (Å²) in [6.45, 7) is 10.6. The van der Waals surface area contributed by atoms with E-state index in [1.807, 2.05) is 14.0 Å². The third-order valence-corrected chi connectivity index (χ3v) is 3.70. The predicted octanol–water partition coefficient (Wildman–Crippen LogP) is 4.06. The monoisotopic (exact) mass is 300 g/mol. The molecule has 2 rings (SSSR count). The Kier molecular flexibility index (Phi) is 4.40. The summed E-state index contributed by atoms with van der Waals surface area (Å²) in [7, 11) is 1.91. The van der Waals surface area contributed by atoms with Crippen molar-refractivity contribution in [3.63, 3.8) is 0 Å². The van der Waals surface area contributed by atoms with Gasteiger partial charge in [-0.05, 0) is 48.6 Å². The highest BCUT2D eigenvalue weighted by Gasteiger charge is 2.21. The van der Waals surface area contributed by atoms with Crippen molar-refractivity contribution in [1.29, 1.82) is 0 Å². The Morgan fingerprint density at radius 2 is 1.95 bits per heavy atom. The molecule has 1 N–H and O–H groups in total. The second-order valence-corrected chi connectivity index (χ2v) is 6.46. The molecule has 0 fully saturated rings. The van der Waals surface area contributed by atoms with Gasteiger partial charge in [0.25, 0.3) is 0 Å². The minimum Gasteiger partial charge on any atom is -0.461 e. The van der Waals surface area contributed by atoms with Crippen molar-refractivity contribution in [2.24, 2.45) is 0 Å². The number of benzene rings is 1. The van der Waals surface area contributed by atoms with Gasteiger partial charge in [0.05, 0.1) is 12.1 Å². The van der Waals surface area contributed by atoms with E-state index in [4.69, 9.17) is 4.74 Å². The highest BCUT2D eigenvalue weighted by Crippen LogP contribution is 2.33. The number of nitrogens with one attached hydrogen (secondary N) is 1. The molecule has 4 heteroatoms. The number of ether oxygens (including phenoxy) is 1. The van der Waals surface area contributed by atoms with Gasteiger partial charge in [0.2, 0.25) is 0 Å². The lowest BCUT2D eigenvalue weighted by Gasteiger charge is -2.23. The number of aryl methyl sites for hydroxylation is 1. The largest absolute Gasteiger partial charge is 0.461 e. The lowest BCUT2D eigenvalue weighted by atomic mass is 9.84. The Hall–Kier alpha value is -2.10. The maximum absolute atomic E-state index is 12.0. The van der Waals surface area contributed by atoms with Crippen LogP contribution >= 0.6 is 0 Å². The third-order valence-electron chi connectivity index (χ3n) is 3.70. The van der Waals surface area contributed by atoms with Crippen molar-refractivity contribution in [2.75, 3.05) is 19.0 Å². The lowest BCUT2D eigenvalue weighted by molar-refractivity contribution is 0.0520. The van der Waals surface area contributed by atoms with Crippen molar-refractivity contribution in [2.45, 2.75) is 40.0 Å². The van der Waals surface area contributed by atoms with Crippen LogP contribution in [0.5, 0.6) is 0 Å². The molecule has 4 nitrogen and oxygen atoms in total. The van der Waals surface area contributed by atoms with Crippen LogP contribution < -0.4 is 5.32 Å². The summed E-state index contributed by atoms with van der Waals surface area (Å²) in [6.07, 6.45) is 0. The molecule has 0 bridgehead atoms. The quantitative estimate of drug-likeness (QED) is 0.869. The Bertz CT molecular complexity index is 715. The molecule has 2 aromatic rings. The van der Waals surface area contributed by atoms with E-state index in [2.05, 4.69) is 43.2 Å². The molecule has 0 saturated heterocycles. The third kappa shape index (κ3) is 3.06. The number of pyridine rings is 1. The lowest BCUT2D eigenvalue weighted by Crippen LogP contribution is -2.15. The number of nitrogens with zero attached hydrogens (tertiary/aromatic N) is 1. The van der Waals surface area contributed by atoms with Gasteiger partial charge < -0.3 is 10.1 Å². The first kappa shape index (κ1) is 16.3. The molecule has 0 atom stereocenters. The minimum atomic E-state index is -0.370. The number of hydrogen-bond acceptors (Lipinski definition) is 4. The van der Waals surface area contributed by atoms with E-state index in [9.17, 15) is 4.79 Å². The van der Waals surface area contributed by atoms with Crippen molar-refractivity contribution in [1.82, 2.24) is 4.98 Å². The average Bonchev–Trinajstić information content (AvgIpc) is 2.45. The molecule has 0 amide bonds. The van der Waals surface area contributed by atoms with Gasteiger partial charge in [-0.15, -0.1) is 0 Å². The second-order valence-electron chi connectivity index (χ2n) is 6.46. The number of carbonyl (C=O) groups is 1. The number of rotatable bonds is 3. The molecule has 118 valence electrons. The fourth-order valence-corrected chi connectivity index (χ4v) is 2.52. The topological polar surface area (TPSA) is 51.2 Å². The molecule has 0 saturated carbocycles. The maximum Gasteiger partial charge on any atom is 0.356 e. The molecule has 0 radical (unpaired) electrons. The maximum atomic E-state index is 12.0. The van der Waals surface area contributed by atoms with Crippen molar-refractivity contribution in [3.05, 3.63) is 35.0 Å². The fourth-order valence-electron chi connectivity index (χ4n) is 2.52. The summed E-state index contributed by atoms with van der Waals surface area (Å²) in [4.78, 5) is 16.6. The molecule has 1 aromatic carbocycles. The number of fused-ring (bicyclic) bond motifs is 1. The smallest absolute Gasteiger partial charge is 0.356 e. The first-order valence-corrected chi connectivity index (χ1v) is 7.58. The first-order valence-electron chi connectivity index (χ1n) is 7.58. The second kappa shape index (κ2) is 5.95. The highest BCUT2D eigenvalue weighted by atomic mass is 16.5. The van der Waals surface area contributed by atoms with Gasteiger partial charge in [0.1, 0.15) is 5.69 Å². The Labute approximate surface area is 131 Å². The molecule has 0 aliphatic rings. The van der Waals surface area contributed by atoms with Crippen molar-refractivity contribution in [3.8, 4) is 0 Å². The molecular weight excluding hydrogens is 276 g/mol. The van der Waals surface area contributed by atoms with Gasteiger partial charge in [-0.2, -0.15) is 0 Å². The average molecular weight is 300 g/mol. The van der Waals surface area contributed by atoms with Crippen LogP contribution in [0.4, 0.5) is 5.69 Å². The molecule has 0 unspecified atom stereocenters. The van der Waals surface area contributed by atoms with Crippen LogP contribution in [0, 0.1) is 6.92 Å². The number of aromatic nitrogens is 1. The standard InChI is InChI=1S/C18H24N2O2/c1-7-22-17(21)15-8-11(2)13-9-12(19-6)10-14(16(13)20-15)18(3,4)5/h8-10,19H,7H2,1-6H3. The summed E-state index contributed by atoms with van der Waals surface area (Å²) in [5.74, 6) is -0.370. The normalized spacial score (nSPS) is 11.5. The molecule has 1 aromatic heterocycles. The molecule has 0 spiro atoms. The fraction of sp³-hybridized carbons (Fsp3) is 0.444. The molecule has 0 aliphatic carbocycles. The first-order chi connectivity index (χ1) is 10.3. The van der Waals surface area contributed by atoms with E-state index in [1.54, 1.807) is 13.0 Å². The van der Waals surface area contributed by atoms with E-state index in [0.29, 0.717) is 12.3 Å². The van der Waals surface area contributed by atoms with E-state index >= 15 is 0 Å². The zero-order valence-electron chi connectivity index (χ0n) is 14.2. The van der Waals surface area contributed by atoms with Gasteiger partial charge in [0.15, 0.2) is 0 Å². The molecular formula is C18H24N2O2. The van der Waals surface area contributed by atoms with Crippen LogP contribution in [0.2, 0.25) is 0 Å². The van der Waals surface area contributed by atoms with Crippen LogP contribution in [-0.4, -0.2) is 24.6 Å². The van der Waals surface area contributed by atoms with E-state index in [1.165, 1.54) is 0 Å². The van der Waals surface area contributed by atoms with Crippen molar-refractivity contribution >= 4 is 22.6 Å². The number of esters is 1. The Morgan fingerprint density at radius 3 is 2.50 bits per heavy atom. The van der Waals surface area contributed by atoms with Gasteiger partial charge in [-0.3, -0.25) is 0 Å². The van der Waals surface area contributed by atoms with Crippen LogP contribution in [0.25, 0.3) is 10.9 Å². The summed E-state index contributed by atoms with van der Waals surface area (Å²) < 4.78 is 5.09. The van der Waals surface area contributed by atoms with Gasteiger partial charge in [-0.1, -0.05) is 20.8 Å². The number of anilines is 1. The van der Waals surface area contributed by atoms with Crippen LogP contribution in [0.3, 0.4) is 0 Å². The van der Waals surface area contributed by atoms with Crippen LogP contribution in [0.1, 0.15) is 49.3 Å². The Balaban J connectivity index is 2.78. The van der Waals surface area contributed by atoms with Gasteiger partial charge in [0, 0.05) is 18.1 Å². The van der Waals surface area contributed by atoms with Gasteiger partial charge >= 0.3 is 5.97 Å². The van der Waals surface area contributed by atoms with E-state index in [0.717, 1.165) is 27.7 Å². The summed E-state index contributed by atoms with van der Waals surface area (Å²) >= 11 is 0. The zero-order chi connectivity index (χ0) is 16.5. The van der Waals surface area contributed by atoms with Crippen molar-refractivity contribution < 1.29 is 9.53 Å². The van der Waals surface area contributed by atoms with E-state index in [-0.39, 0.29) is 11.4 Å². The SMILES string of the molecule is CCOC(=O)c1cc(C)c2cc(NC)cc(C(C)(C)C)c2n1. The summed E-state index contributed by atoms with van der Waals surface area (Å²) in [6, 6.07) is 5.97. The van der Waals surface area contributed by atoms with Crippen LogP contribution in [0.15, 0.2) is 18.2 Å².